The van der Waals surface area contributed by atoms with Gasteiger partial charge in [-0.05, 0) is 42.9 Å². The smallest absolute Gasteiger partial charge is 0.0620 e. The first-order valence-electron chi connectivity index (χ1n) is 6.81. The normalized spacial score (nSPS) is 52.0. The van der Waals surface area contributed by atoms with E-state index in [4.69, 9.17) is 0 Å². The SMILES string of the molecule is C[C+]1CC[C@]23C[C@H]1C(C)(C)[C@H]2CC[C@H]3C. The third-order valence-corrected chi connectivity index (χ3v) is 6.52. The highest BCUT2D eigenvalue weighted by molar-refractivity contribution is 5.20. The molecule has 0 nitrogen and oxygen atoms in total. The van der Waals surface area contributed by atoms with E-state index in [9.17, 15) is 0 Å². The van der Waals surface area contributed by atoms with Crippen molar-refractivity contribution >= 4 is 0 Å². The molecule has 3 aliphatic carbocycles. The Morgan fingerprint density at radius 2 is 1.93 bits per heavy atom. The van der Waals surface area contributed by atoms with Gasteiger partial charge in [-0.1, -0.05) is 20.8 Å². The summed E-state index contributed by atoms with van der Waals surface area (Å²) in [6.45, 7) is 10.1. The van der Waals surface area contributed by atoms with Crippen molar-refractivity contribution in [2.24, 2.45) is 28.6 Å². The summed E-state index contributed by atoms with van der Waals surface area (Å²) in [5.74, 6) is 4.79. The zero-order valence-electron chi connectivity index (χ0n) is 10.8. The molecule has 3 aliphatic rings. The summed E-state index contributed by atoms with van der Waals surface area (Å²) in [6.07, 6.45) is 7.47. The fourth-order valence-corrected chi connectivity index (χ4v) is 5.61. The van der Waals surface area contributed by atoms with E-state index in [0.717, 1.165) is 23.2 Å². The largest absolute Gasteiger partial charge is 0.106 e. The molecule has 0 aromatic carbocycles. The molecule has 3 rings (SSSR count). The van der Waals surface area contributed by atoms with Crippen LogP contribution in [0.2, 0.25) is 0 Å². The molecule has 4 atom stereocenters. The van der Waals surface area contributed by atoms with E-state index in [1.807, 2.05) is 5.92 Å². The van der Waals surface area contributed by atoms with E-state index >= 15 is 0 Å². The minimum Gasteiger partial charge on any atom is -0.0620 e. The van der Waals surface area contributed by atoms with E-state index in [2.05, 4.69) is 27.7 Å². The molecule has 0 N–H and O–H groups in total. The lowest BCUT2D eigenvalue weighted by atomic mass is 9.66. The second-order valence-electron chi connectivity index (χ2n) is 7.19. The Balaban J connectivity index is 2.04. The Labute approximate surface area is 94.8 Å². The van der Waals surface area contributed by atoms with Gasteiger partial charge in [0.2, 0.25) is 0 Å². The fourth-order valence-electron chi connectivity index (χ4n) is 5.61. The monoisotopic (exact) mass is 205 g/mol. The van der Waals surface area contributed by atoms with Crippen LogP contribution in [-0.2, 0) is 0 Å². The van der Waals surface area contributed by atoms with Crippen LogP contribution in [0.25, 0.3) is 0 Å². The highest BCUT2D eigenvalue weighted by Crippen LogP contribution is 2.72. The van der Waals surface area contributed by atoms with Gasteiger partial charge in [-0.2, -0.15) is 0 Å². The third-order valence-electron chi connectivity index (χ3n) is 6.52. The average Bonchev–Trinajstić information content (AvgIpc) is 2.57. The van der Waals surface area contributed by atoms with E-state index in [1.165, 1.54) is 32.1 Å². The van der Waals surface area contributed by atoms with Gasteiger partial charge in [0.05, 0.1) is 19.3 Å². The third kappa shape index (κ3) is 1.02. The summed E-state index contributed by atoms with van der Waals surface area (Å²) in [7, 11) is 0. The van der Waals surface area contributed by atoms with Crippen molar-refractivity contribution in [2.45, 2.75) is 59.8 Å². The van der Waals surface area contributed by atoms with Crippen molar-refractivity contribution < 1.29 is 0 Å². The van der Waals surface area contributed by atoms with Gasteiger partial charge in [-0.25, -0.2) is 0 Å². The van der Waals surface area contributed by atoms with Gasteiger partial charge in [0.15, 0.2) is 0 Å². The van der Waals surface area contributed by atoms with Crippen molar-refractivity contribution in [1.82, 2.24) is 0 Å². The molecule has 0 aromatic heterocycles. The zero-order chi connectivity index (χ0) is 10.8. The van der Waals surface area contributed by atoms with Gasteiger partial charge in [-0.15, -0.1) is 0 Å². The molecule has 0 aliphatic heterocycles. The number of hydrogen-bond donors (Lipinski definition) is 0. The zero-order valence-corrected chi connectivity index (χ0v) is 10.8. The van der Waals surface area contributed by atoms with Crippen molar-refractivity contribution in [3.63, 3.8) is 0 Å². The summed E-state index contributed by atoms with van der Waals surface area (Å²) < 4.78 is 0. The average molecular weight is 205 g/mol. The van der Waals surface area contributed by atoms with Crippen molar-refractivity contribution in [3.05, 3.63) is 5.92 Å². The predicted molar refractivity (Wildman–Crippen MR) is 64.4 cm³/mol. The Kier molecular flexibility index (Phi) is 1.85. The van der Waals surface area contributed by atoms with Crippen LogP contribution >= 0.6 is 0 Å². The lowest BCUT2D eigenvalue weighted by Gasteiger charge is -2.36. The molecular weight excluding hydrogens is 180 g/mol. The van der Waals surface area contributed by atoms with Crippen LogP contribution in [0.1, 0.15) is 59.8 Å². The molecule has 0 heterocycles. The van der Waals surface area contributed by atoms with Gasteiger partial charge in [0, 0.05) is 5.41 Å². The molecule has 84 valence electrons. The minimum atomic E-state index is 0.603. The topological polar surface area (TPSA) is 0 Å². The quantitative estimate of drug-likeness (QED) is 0.512. The van der Waals surface area contributed by atoms with Crippen LogP contribution in [0.5, 0.6) is 0 Å². The van der Waals surface area contributed by atoms with Crippen molar-refractivity contribution in [2.75, 3.05) is 0 Å². The first kappa shape index (κ1) is 10.1. The predicted octanol–water partition coefficient (Wildman–Crippen LogP) is 4.45. The molecule has 0 amide bonds. The molecule has 0 radical (unpaired) electrons. The van der Waals surface area contributed by atoms with E-state index in [-0.39, 0.29) is 0 Å². The minimum absolute atomic E-state index is 0.603. The van der Waals surface area contributed by atoms with Crippen LogP contribution in [0, 0.1) is 34.5 Å². The van der Waals surface area contributed by atoms with Gasteiger partial charge in [0.1, 0.15) is 5.92 Å². The Morgan fingerprint density at radius 3 is 2.67 bits per heavy atom. The maximum Gasteiger partial charge on any atom is 0.106 e. The van der Waals surface area contributed by atoms with Gasteiger partial charge in [-0.3, -0.25) is 0 Å². The first-order chi connectivity index (χ1) is 6.98. The standard InChI is InChI=1S/C15H25/c1-10-7-8-15-9-12(10)14(3,4)13(15)6-5-11(15)2/h11-13H,5-9H2,1-4H3/q+1/t11-,12-,13-,15-/m1/s1. The number of fused-ring (bicyclic) bond motifs is 1. The lowest BCUT2D eigenvalue weighted by molar-refractivity contribution is 0.117. The molecule has 2 bridgehead atoms. The summed E-state index contributed by atoms with van der Waals surface area (Å²) in [4.78, 5) is 0. The summed E-state index contributed by atoms with van der Waals surface area (Å²) >= 11 is 0. The molecule has 1 spiro atoms. The maximum atomic E-state index is 2.55. The van der Waals surface area contributed by atoms with Crippen LogP contribution in [0.3, 0.4) is 0 Å². The van der Waals surface area contributed by atoms with Crippen molar-refractivity contribution in [1.29, 1.82) is 0 Å². The van der Waals surface area contributed by atoms with Gasteiger partial charge in [0.25, 0.3) is 0 Å². The summed E-state index contributed by atoms with van der Waals surface area (Å²) in [6, 6.07) is 0. The second kappa shape index (κ2) is 2.76. The molecule has 0 unspecified atom stereocenters. The molecule has 15 heavy (non-hydrogen) atoms. The Bertz CT molecular complexity index is 278. The number of hydrogen-bond acceptors (Lipinski definition) is 0. The molecule has 0 heteroatoms. The lowest BCUT2D eigenvalue weighted by Crippen LogP contribution is -2.30. The van der Waals surface area contributed by atoms with Crippen LogP contribution < -0.4 is 0 Å². The fraction of sp³-hybridized carbons (Fsp3) is 0.933. The van der Waals surface area contributed by atoms with Crippen LogP contribution in [-0.4, -0.2) is 0 Å². The molecule has 3 fully saturated rings. The van der Waals surface area contributed by atoms with Gasteiger partial charge < -0.3 is 0 Å². The Hall–Kier alpha value is -0.130. The molecule has 0 aromatic rings. The molecule has 3 saturated carbocycles. The second-order valence-corrected chi connectivity index (χ2v) is 7.19. The van der Waals surface area contributed by atoms with E-state index in [1.54, 1.807) is 0 Å². The first-order valence-corrected chi connectivity index (χ1v) is 6.81. The molecular formula is C15H25+. The number of rotatable bonds is 0. The summed E-state index contributed by atoms with van der Waals surface area (Å²) in [5, 5.41) is 0. The van der Waals surface area contributed by atoms with Gasteiger partial charge >= 0.3 is 0 Å². The van der Waals surface area contributed by atoms with E-state index in [0.29, 0.717) is 5.41 Å². The summed E-state index contributed by atoms with van der Waals surface area (Å²) in [5.41, 5.74) is 1.36. The maximum absolute atomic E-state index is 2.55. The highest BCUT2D eigenvalue weighted by atomic mass is 14.7. The van der Waals surface area contributed by atoms with Crippen molar-refractivity contribution in [3.8, 4) is 0 Å². The van der Waals surface area contributed by atoms with Crippen LogP contribution in [0.4, 0.5) is 0 Å². The van der Waals surface area contributed by atoms with Crippen LogP contribution in [0.15, 0.2) is 0 Å². The molecule has 0 saturated heterocycles. The highest BCUT2D eigenvalue weighted by Gasteiger charge is 2.68. The Morgan fingerprint density at radius 1 is 1.20 bits per heavy atom. The van der Waals surface area contributed by atoms with E-state index < -0.39 is 0 Å².